The molecule has 1 aliphatic carbocycles. The average molecular weight is 444 g/mol. The van der Waals surface area contributed by atoms with E-state index in [9.17, 15) is 0 Å². The number of hydrogen-bond acceptors (Lipinski definition) is 1. The second-order valence-corrected chi connectivity index (χ2v) is 12.9. The quantitative estimate of drug-likeness (QED) is 0.529. The number of phosphoric acid groups is 1. The van der Waals surface area contributed by atoms with E-state index in [1.165, 1.54) is 32.1 Å². The van der Waals surface area contributed by atoms with Gasteiger partial charge in [0.2, 0.25) is 0 Å². The molecule has 0 atom stereocenters. The summed E-state index contributed by atoms with van der Waals surface area (Å²) in [6, 6.07) is 34.2. The minimum atomic E-state index is -4.64. The van der Waals surface area contributed by atoms with E-state index in [-0.39, 0.29) is 0 Å². The summed E-state index contributed by atoms with van der Waals surface area (Å²) in [6.45, 7) is 0. The molecule has 3 N–H and O–H groups in total. The maximum atomic E-state index is 8.88. The van der Waals surface area contributed by atoms with E-state index in [2.05, 4.69) is 91.0 Å². The fraction of sp³-hybridized carbons (Fsp3) is 0.250. The zero-order valence-corrected chi connectivity index (χ0v) is 18.9. The van der Waals surface area contributed by atoms with Crippen molar-refractivity contribution >= 4 is 31.0 Å². The van der Waals surface area contributed by atoms with Crippen molar-refractivity contribution in [2.24, 2.45) is 0 Å². The van der Waals surface area contributed by atoms with Crippen LogP contribution in [0, 0.1) is 0 Å². The Morgan fingerprint density at radius 2 is 0.900 bits per heavy atom. The zero-order chi connectivity index (χ0) is 21.5. The van der Waals surface area contributed by atoms with Gasteiger partial charge in [0.1, 0.15) is 0 Å². The van der Waals surface area contributed by atoms with Crippen LogP contribution in [0.5, 0.6) is 0 Å². The molecule has 0 unspecified atom stereocenters. The van der Waals surface area contributed by atoms with Crippen LogP contribution in [0.25, 0.3) is 0 Å². The van der Waals surface area contributed by atoms with Gasteiger partial charge in [-0.05, 0) is 0 Å². The van der Waals surface area contributed by atoms with Crippen molar-refractivity contribution < 1.29 is 19.2 Å². The molecule has 0 amide bonds. The molecular formula is C24H30O4P2. The van der Waals surface area contributed by atoms with Crippen molar-refractivity contribution in [1.82, 2.24) is 0 Å². The van der Waals surface area contributed by atoms with Crippen LogP contribution < -0.4 is 15.9 Å². The SMILES string of the molecule is O=P(O)(O)O.c1ccc([PH](c2ccccc2)(c2ccccc2)C2CCCCC2)cc1. The van der Waals surface area contributed by atoms with Crippen LogP contribution >= 0.6 is 15.1 Å². The van der Waals surface area contributed by atoms with Gasteiger partial charge in [-0.3, -0.25) is 0 Å². The van der Waals surface area contributed by atoms with E-state index < -0.39 is 15.1 Å². The van der Waals surface area contributed by atoms with Gasteiger partial charge in [-0.2, -0.15) is 0 Å². The average Bonchev–Trinajstić information content (AvgIpc) is 2.76. The van der Waals surface area contributed by atoms with Gasteiger partial charge in [-0.15, -0.1) is 0 Å². The molecule has 3 aromatic rings. The van der Waals surface area contributed by atoms with E-state index in [1.807, 2.05) is 0 Å². The molecule has 0 heterocycles. The molecule has 1 fully saturated rings. The Bertz CT molecular complexity index is 832. The van der Waals surface area contributed by atoms with E-state index in [1.54, 1.807) is 15.9 Å². The van der Waals surface area contributed by atoms with Crippen molar-refractivity contribution in [3.63, 3.8) is 0 Å². The second-order valence-electron chi connectivity index (χ2n) is 7.75. The van der Waals surface area contributed by atoms with Crippen LogP contribution in [0.1, 0.15) is 32.1 Å². The van der Waals surface area contributed by atoms with Crippen LogP contribution in [0.4, 0.5) is 0 Å². The van der Waals surface area contributed by atoms with Gasteiger partial charge in [0, 0.05) is 0 Å². The molecule has 0 saturated heterocycles. The molecule has 4 rings (SSSR count). The molecule has 0 aliphatic heterocycles. The topological polar surface area (TPSA) is 77.8 Å². The van der Waals surface area contributed by atoms with E-state index >= 15 is 0 Å². The second kappa shape index (κ2) is 10.5. The molecular weight excluding hydrogens is 414 g/mol. The first-order valence-electron chi connectivity index (χ1n) is 10.4. The van der Waals surface area contributed by atoms with Crippen molar-refractivity contribution in [3.8, 4) is 0 Å². The Balaban J connectivity index is 0.000000461. The Labute approximate surface area is 179 Å². The summed E-state index contributed by atoms with van der Waals surface area (Å²) in [4.78, 5) is 21.6. The fourth-order valence-corrected chi connectivity index (χ4v) is 10.7. The molecule has 1 aliphatic rings. The molecule has 0 aromatic heterocycles. The van der Waals surface area contributed by atoms with Crippen LogP contribution in [0.3, 0.4) is 0 Å². The van der Waals surface area contributed by atoms with Crippen LogP contribution in [-0.4, -0.2) is 20.3 Å². The molecule has 160 valence electrons. The third-order valence-corrected chi connectivity index (χ3v) is 11.4. The number of benzene rings is 3. The van der Waals surface area contributed by atoms with Crippen molar-refractivity contribution in [3.05, 3.63) is 91.0 Å². The van der Waals surface area contributed by atoms with Crippen molar-refractivity contribution in [2.75, 3.05) is 0 Å². The van der Waals surface area contributed by atoms with Gasteiger partial charge in [-0.1, -0.05) is 0 Å². The number of hydrogen-bond donors (Lipinski definition) is 3. The van der Waals surface area contributed by atoms with Gasteiger partial charge in [0.25, 0.3) is 0 Å². The summed E-state index contributed by atoms with van der Waals surface area (Å²) < 4.78 is 8.88. The Kier molecular flexibility index (Phi) is 7.99. The first-order valence-corrected chi connectivity index (χ1v) is 14.0. The monoisotopic (exact) mass is 444 g/mol. The van der Waals surface area contributed by atoms with Gasteiger partial charge in [-0.25, -0.2) is 4.57 Å². The molecule has 1 saturated carbocycles. The first-order chi connectivity index (χ1) is 14.4. The van der Waals surface area contributed by atoms with Gasteiger partial charge < -0.3 is 14.7 Å². The first kappa shape index (κ1) is 22.9. The molecule has 6 heteroatoms. The third kappa shape index (κ3) is 5.66. The maximum absolute atomic E-state index is 8.88. The van der Waals surface area contributed by atoms with Crippen LogP contribution in [-0.2, 0) is 4.57 Å². The zero-order valence-electron chi connectivity index (χ0n) is 17.0. The molecule has 4 nitrogen and oxygen atoms in total. The molecule has 0 bridgehead atoms. The summed E-state index contributed by atoms with van der Waals surface area (Å²) in [5, 5.41) is 4.71. The third-order valence-electron chi connectivity index (χ3n) is 5.90. The standard InChI is InChI=1S/C24H27P.H3O4P/c1-5-13-21(14-6-1)25(22-15-7-2-8-16-22,23-17-9-3-10-18-23)24-19-11-4-12-20-24;1-5(2,3)4/h1-3,5-10,13-18,24-25H,4,11-12,19-20H2;(H3,1,2,3,4). The Hall–Kier alpha value is -1.80. The molecule has 3 aromatic carbocycles. The molecule has 0 spiro atoms. The predicted octanol–water partition coefficient (Wildman–Crippen LogP) is 4.12. The Morgan fingerprint density at radius 1 is 0.600 bits per heavy atom. The fourth-order valence-electron chi connectivity index (χ4n) is 4.85. The predicted molar refractivity (Wildman–Crippen MR) is 128 cm³/mol. The number of rotatable bonds is 4. The minimum absolute atomic E-state index is 0.786. The normalized spacial score (nSPS) is 15.7. The summed E-state index contributed by atoms with van der Waals surface area (Å²) >= 11 is 0. The van der Waals surface area contributed by atoms with E-state index in [0.29, 0.717) is 0 Å². The van der Waals surface area contributed by atoms with Crippen molar-refractivity contribution in [2.45, 2.75) is 37.8 Å². The summed E-state index contributed by atoms with van der Waals surface area (Å²) in [5.74, 6) is 0. The van der Waals surface area contributed by atoms with Crippen molar-refractivity contribution in [1.29, 1.82) is 0 Å². The molecule has 0 radical (unpaired) electrons. The van der Waals surface area contributed by atoms with Gasteiger partial charge in [0.15, 0.2) is 0 Å². The van der Waals surface area contributed by atoms with Gasteiger partial charge in [0.05, 0.1) is 0 Å². The van der Waals surface area contributed by atoms with Crippen LogP contribution in [0.2, 0.25) is 0 Å². The molecule has 30 heavy (non-hydrogen) atoms. The van der Waals surface area contributed by atoms with Crippen LogP contribution in [0.15, 0.2) is 91.0 Å². The van der Waals surface area contributed by atoms with Gasteiger partial charge >= 0.3 is 160 Å². The summed E-state index contributed by atoms with van der Waals surface area (Å²) in [7, 11) is -6.66. The van der Waals surface area contributed by atoms with E-state index in [0.717, 1.165) is 5.66 Å². The van der Waals surface area contributed by atoms with E-state index in [4.69, 9.17) is 19.2 Å². The Morgan fingerprint density at radius 3 is 1.20 bits per heavy atom. The summed E-state index contributed by atoms with van der Waals surface area (Å²) in [5.41, 5.74) is 0.786. The summed E-state index contributed by atoms with van der Waals surface area (Å²) in [6.07, 6.45) is 6.90.